The predicted molar refractivity (Wildman–Crippen MR) is 63.5 cm³/mol. The molecule has 1 aliphatic carbocycles. The molecule has 0 atom stereocenters. The molecular weight excluding hydrogens is 240 g/mol. The lowest BCUT2D eigenvalue weighted by atomic mass is 10.1. The largest absolute Gasteiger partial charge is 0.478 e. The number of hydrogen-bond acceptors (Lipinski definition) is 3. The molecule has 0 radical (unpaired) electrons. The molecule has 1 N–H and O–H groups in total. The minimum atomic E-state index is -0.941. The third kappa shape index (κ3) is 1.85. The highest BCUT2D eigenvalue weighted by Gasteiger charge is 2.28. The second kappa shape index (κ2) is 3.67. The number of rotatable bonds is 2. The highest BCUT2D eigenvalue weighted by molar-refractivity contribution is 6.28. The number of aromatic carboxylic acids is 1. The van der Waals surface area contributed by atoms with Crippen LogP contribution in [0.25, 0.3) is 10.9 Å². The van der Waals surface area contributed by atoms with E-state index in [4.69, 9.17) is 16.7 Å². The van der Waals surface area contributed by atoms with E-state index in [1.165, 1.54) is 6.07 Å². The molecule has 86 valence electrons. The number of halogens is 1. The summed E-state index contributed by atoms with van der Waals surface area (Å²) in [6.07, 6.45) is 2.17. The SMILES string of the molecule is O=C(O)c1ccc2nc(Cl)nc(C3CC3)c2c1. The lowest BCUT2D eigenvalue weighted by molar-refractivity contribution is 0.0697. The summed E-state index contributed by atoms with van der Waals surface area (Å²) in [5.41, 5.74) is 1.84. The van der Waals surface area contributed by atoms with Crippen LogP contribution >= 0.6 is 11.6 Å². The highest BCUT2D eigenvalue weighted by Crippen LogP contribution is 2.42. The summed E-state index contributed by atoms with van der Waals surface area (Å²) in [4.78, 5) is 19.3. The van der Waals surface area contributed by atoms with Crippen LogP contribution in [-0.2, 0) is 0 Å². The minimum Gasteiger partial charge on any atom is -0.478 e. The molecule has 1 saturated carbocycles. The van der Waals surface area contributed by atoms with Crippen LogP contribution in [-0.4, -0.2) is 21.0 Å². The fraction of sp³-hybridized carbons (Fsp3) is 0.250. The van der Waals surface area contributed by atoms with Crippen LogP contribution in [0.15, 0.2) is 18.2 Å². The van der Waals surface area contributed by atoms with Gasteiger partial charge in [-0.25, -0.2) is 14.8 Å². The molecule has 3 rings (SSSR count). The second-order valence-electron chi connectivity index (χ2n) is 4.19. The van der Waals surface area contributed by atoms with E-state index in [1.807, 2.05) is 0 Å². The molecule has 1 aromatic carbocycles. The van der Waals surface area contributed by atoms with Gasteiger partial charge < -0.3 is 5.11 Å². The lowest BCUT2D eigenvalue weighted by Crippen LogP contribution is -1.99. The molecule has 0 aliphatic heterocycles. The Bertz CT molecular complexity index is 623. The van der Waals surface area contributed by atoms with Crippen molar-refractivity contribution in [1.82, 2.24) is 9.97 Å². The summed E-state index contributed by atoms with van der Waals surface area (Å²) in [5.74, 6) is -0.536. The summed E-state index contributed by atoms with van der Waals surface area (Å²) in [6, 6.07) is 4.84. The number of carboxylic acid groups (broad SMARTS) is 1. The van der Waals surface area contributed by atoms with E-state index < -0.39 is 5.97 Å². The normalized spacial score (nSPS) is 15.1. The van der Waals surface area contributed by atoms with Gasteiger partial charge in [0, 0.05) is 11.3 Å². The van der Waals surface area contributed by atoms with Crippen LogP contribution in [0.5, 0.6) is 0 Å². The summed E-state index contributed by atoms with van der Waals surface area (Å²) in [5, 5.41) is 10.0. The second-order valence-corrected chi connectivity index (χ2v) is 4.53. The van der Waals surface area contributed by atoms with Crippen molar-refractivity contribution in [2.24, 2.45) is 0 Å². The molecule has 1 aromatic heterocycles. The summed E-state index contributed by atoms with van der Waals surface area (Å²) in [6.45, 7) is 0. The molecular formula is C12H9ClN2O2. The maximum Gasteiger partial charge on any atom is 0.335 e. The van der Waals surface area contributed by atoms with E-state index in [0.29, 0.717) is 11.4 Å². The topological polar surface area (TPSA) is 63.1 Å². The van der Waals surface area contributed by atoms with Gasteiger partial charge in [0.15, 0.2) is 0 Å². The van der Waals surface area contributed by atoms with Gasteiger partial charge >= 0.3 is 5.97 Å². The Hall–Kier alpha value is -1.68. The van der Waals surface area contributed by atoms with Crippen molar-refractivity contribution in [3.8, 4) is 0 Å². The van der Waals surface area contributed by atoms with Gasteiger partial charge in [-0.1, -0.05) is 0 Å². The van der Waals surface area contributed by atoms with Crippen LogP contribution in [0.2, 0.25) is 5.28 Å². The first-order valence-electron chi connectivity index (χ1n) is 5.35. The first-order valence-corrected chi connectivity index (χ1v) is 5.73. The number of benzene rings is 1. The maximum absolute atomic E-state index is 10.9. The van der Waals surface area contributed by atoms with E-state index in [-0.39, 0.29) is 10.8 Å². The van der Waals surface area contributed by atoms with E-state index in [2.05, 4.69) is 9.97 Å². The van der Waals surface area contributed by atoms with Crippen LogP contribution in [0, 0.1) is 0 Å². The number of aromatic nitrogens is 2. The number of carbonyl (C=O) groups is 1. The molecule has 0 spiro atoms. The molecule has 0 bridgehead atoms. The molecule has 0 amide bonds. The standard InChI is InChI=1S/C12H9ClN2O2/c13-12-14-9-4-3-7(11(16)17)5-8(9)10(15-12)6-1-2-6/h3-6H,1-2H2,(H,16,17). The van der Waals surface area contributed by atoms with Crippen molar-refractivity contribution in [2.45, 2.75) is 18.8 Å². The molecule has 17 heavy (non-hydrogen) atoms. The van der Waals surface area contributed by atoms with Gasteiger partial charge in [0.1, 0.15) is 0 Å². The predicted octanol–water partition coefficient (Wildman–Crippen LogP) is 2.86. The Morgan fingerprint density at radius 2 is 2.12 bits per heavy atom. The first kappa shape index (κ1) is 10.5. The average Bonchev–Trinajstić information content (AvgIpc) is 3.10. The van der Waals surface area contributed by atoms with Crippen LogP contribution in [0.4, 0.5) is 0 Å². The van der Waals surface area contributed by atoms with Gasteiger partial charge in [0.25, 0.3) is 0 Å². The van der Waals surface area contributed by atoms with Gasteiger partial charge in [-0.05, 0) is 42.6 Å². The van der Waals surface area contributed by atoms with E-state index in [1.54, 1.807) is 12.1 Å². The number of hydrogen-bond donors (Lipinski definition) is 1. The van der Waals surface area contributed by atoms with Gasteiger partial charge in [0.2, 0.25) is 5.28 Å². The monoisotopic (exact) mass is 248 g/mol. The molecule has 5 heteroatoms. The Morgan fingerprint density at radius 1 is 1.35 bits per heavy atom. The summed E-state index contributed by atoms with van der Waals surface area (Å²) in [7, 11) is 0. The molecule has 0 saturated heterocycles. The van der Waals surface area contributed by atoms with Crippen molar-refractivity contribution in [3.63, 3.8) is 0 Å². The molecule has 1 aliphatic rings. The zero-order chi connectivity index (χ0) is 12.0. The molecule has 1 fully saturated rings. The highest BCUT2D eigenvalue weighted by atomic mass is 35.5. The fourth-order valence-corrected chi connectivity index (χ4v) is 2.11. The van der Waals surface area contributed by atoms with Gasteiger partial charge in [-0.2, -0.15) is 0 Å². The minimum absolute atomic E-state index is 0.225. The van der Waals surface area contributed by atoms with Crippen molar-refractivity contribution >= 4 is 28.5 Å². The maximum atomic E-state index is 10.9. The van der Waals surface area contributed by atoms with Crippen molar-refractivity contribution < 1.29 is 9.90 Å². The van der Waals surface area contributed by atoms with Crippen molar-refractivity contribution in [2.75, 3.05) is 0 Å². The zero-order valence-electron chi connectivity index (χ0n) is 8.85. The Labute approximate surface area is 102 Å². The quantitative estimate of drug-likeness (QED) is 0.830. The lowest BCUT2D eigenvalue weighted by Gasteiger charge is -2.05. The molecule has 2 aromatic rings. The van der Waals surface area contributed by atoms with Crippen LogP contribution in [0.1, 0.15) is 34.8 Å². The van der Waals surface area contributed by atoms with Gasteiger partial charge in [-0.15, -0.1) is 0 Å². The fourth-order valence-electron chi connectivity index (χ4n) is 1.92. The Kier molecular flexibility index (Phi) is 2.26. The van der Waals surface area contributed by atoms with Crippen LogP contribution in [0.3, 0.4) is 0 Å². The van der Waals surface area contributed by atoms with E-state index in [9.17, 15) is 4.79 Å². The summed E-state index contributed by atoms with van der Waals surface area (Å²) >= 11 is 5.86. The Balaban J connectivity index is 2.28. The third-order valence-electron chi connectivity index (χ3n) is 2.91. The van der Waals surface area contributed by atoms with Crippen molar-refractivity contribution in [1.29, 1.82) is 0 Å². The number of nitrogens with zero attached hydrogens (tertiary/aromatic N) is 2. The number of carboxylic acids is 1. The van der Waals surface area contributed by atoms with E-state index in [0.717, 1.165) is 23.9 Å². The molecule has 4 nitrogen and oxygen atoms in total. The Morgan fingerprint density at radius 3 is 2.76 bits per heavy atom. The average molecular weight is 249 g/mol. The number of fused-ring (bicyclic) bond motifs is 1. The molecule has 0 unspecified atom stereocenters. The molecule has 1 heterocycles. The van der Waals surface area contributed by atoms with E-state index >= 15 is 0 Å². The van der Waals surface area contributed by atoms with Gasteiger partial charge in [0.05, 0.1) is 16.8 Å². The summed E-state index contributed by atoms with van der Waals surface area (Å²) < 4.78 is 0. The first-order chi connectivity index (χ1) is 8.15. The zero-order valence-corrected chi connectivity index (χ0v) is 9.61. The van der Waals surface area contributed by atoms with Crippen LogP contribution < -0.4 is 0 Å². The van der Waals surface area contributed by atoms with Gasteiger partial charge in [-0.3, -0.25) is 0 Å². The third-order valence-corrected chi connectivity index (χ3v) is 3.08. The van der Waals surface area contributed by atoms with Crippen molar-refractivity contribution in [3.05, 3.63) is 34.7 Å². The smallest absolute Gasteiger partial charge is 0.335 e.